The van der Waals surface area contributed by atoms with Crippen LogP contribution in [0.5, 0.6) is 5.75 Å². The molecule has 2 aromatic carbocycles. The zero-order chi connectivity index (χ0) is 24.8. The minimum Gasteiger partial charge on any atom is -0.494 e. The van der Waals surface area contributed by atoms with Gasteiger partial charge in [-0.3, -0.25) is 14.9 Å². The lowest BCUT2D eigenvalue weighted by Crippen LogP contribution is -2.33. The van der Waals surface area contributed by atoms with Crippen LogP contribution in [0.25, 0.3) is 0 Å². The van der Waals surface area contributed by atoms with Crippen LogP contribution in [0.2, 0.25) is 0 Å². The van der Waals surface area contributed by atoms with Crippen LogP contribution in [0.4, 0.5) is 11.7 Å². The van der Waals surface area contributed by atoms with Crippen LogP contribution in [-0.4, -0.2) is 36.5 Å². The second-order valence-corrected chi connectivity index (χ2v) is 8.77. The lowest BCUT2D eigenvalue weighted by atomic mass is 9.89. The van der Waals surface area contributed by atoms with Crippen molar-refractivity contribution in [2.75, 3.05) is 29.9 Å². The van der Waals surface area contributed by atoms with Gasteiger partial charge in [0.05, 0.1) is 12.6 Å². The van der Waals surface area contributed by atoms with E-state index in [0.29, 0.717) is 12.5 Å². The summed E-state index contributed by atoms with van der Waals surface area (Å²) in [4.78, 5) is 30.0. The van der Waals surface area contributed by atoms with Gasteiger partial charge in [0, 0.05) is 25.7 Å². The van der Waals surface area contributed by atoms with Crippen molar-refractivity contribution in [1.29, 1.82) is 0 Å². The van der Waals surface area contributed by atoms with E-state index >= 15 is 0 Å². The third kappa shape index (κ3) is 6.20. The number of oxazole rings is 1. The summed E-state index contributed by atoms with van der Waals surface area (Å²) in [5.41, 5.74) is 3.68. The van der Waals surface area contributed by atoms with Gasteiger partial charge in [-0.15, -0.1) is 0 Å². The largest absolute Gasteiger partial charge is 0.494 e. The summed E-state index contributed by atoms with van der Waals surface area (Å²) in [5, 5.41) is 5.33. The number of ether oxygens (including phenoxy) is 1. The fourth-order valence-electron chi connectivity index (χ4n) is 4.39. The van der Waals surface area contributed by atoms with Gasteiger partial charge in [0.15, 0.2) is 5.69 Å². The molecule has 1 fully saturated rings. The summed E-state index contributed by atoms with van der Waals surface area (Å²) in [6.45, 7) is 7.96. The van der Waals surface area contributed by atoms with E-state index in [1.54, 1.807) is 0 Å². The van der Waals surface area contributed by atoms with Crippen molar-refractivity contribution in [3.05, 3.63) is 71.6 Å². The molecule has 0 bridgehead atoms. The van der Waals surface area contributed by atoms with Gasteiger partial charge in [-0.25, -0.2) is 0 Å². The molecule has 1 aliphatic heterocycles. The van der Waals surface area contributed by atoms with Crippen LogP contribution >= 0.6 is 0 Å². The highest BCUT2D eigenvalue weighted by Gasteiger charge is 2.21. The van der Waals surface area contributed by atoms with Crippen molar-refractivity contribution in [3.8, 4) is 5.75 Å². The van der Waals surface area contributed by atoms with Crippen LogP contribution in [0.3, 0.4) is 0 Å². The number of hydrogen-bond acceptors (Lipinski definition) is 6. The minimum atomic E-state index is -0.363. The minimum absolute atomic E-state index is 0.00551. The summed E-state index contributed by atoms with van der Waals surface area (Å²) < 4.78 is 10.7. The van der Waals surface area contributed by atoms with Gasteiger partial charge in [-0.2, -0.15) is 4.98 Å². The van der Waals surface area contributed by atoms with Gasteiger partial charge in [-0.05, 0) is 68.0 Å². The average Bonchev–Trinajstić information content (AvgIpc) is 3.33. The van der Waals surface area contributed by atoms with Crippen LogP contribution in [-0.2, 0) is 4.79 Å². The molecule has 8 heteroatoms. The van der Waals surface area contributed by atoms with Gasteiger partial charge >= 0.3 is 6.01 Å². The molecule has 0 aliphatic carbocycles. The molecule has 1 aromatic heterocycles. The number of anilines is 2. The van der Waals surface area contributed by atoms with E-state index in [1.807, 2.05) is 26.0 Å². The molecular formula is C27H32N4O4. The third-order valence-electron chi connectivity index (χ3n) is 6.28. The molecule has 4 rings (SSSR count). The van der Waals surface area contributed by atoms with Crippen molar-refractivity contribution >= 4 is 23.5 Å². The second kappa shape index (κ2) is 11.1. The maximum absolute atomic E-state index is 12.5. The Morgan fingerprint density at radius 1 is 1.11 bits per heavy atom. The van der Waals surface area contributed by atoms with Crippen molar-refractivity contribution in [3.63, 3.8) is 0 Å². The molecule has 8 nitrogen and oxygen atoms in total. The molecule has 0 unspecified atom stereocenters. The number of carbonyl (C=O) groups is 2. The van der Waals surface area contributed by atoms with Crippen LogP contribution in [0.15, 0.2) is 59.2 Å². The number of carbonyl (C=O) groups excluding carboxylic acids is 2. The standard InChI is InChI=1S/C27H32N4O4/c1-4-34-24-11-7-21(8-12-24)22-13-15-31(16-14-22)23-9-5-20(6-10-23)18(2)28-26(33)25-17-35-27(30-25)29-19(3)32/h5-12,17-18,22H,4,13-16H2,1-3H3,(H,28,33)(H,29,30,32)/t18-/m0/s1. The number of amides is 2. The molecule has 1 aliphatic rings. The molecule has 0 spiro atoms. The van der Waals surface area contributed by atoms with Gasteiger partial charge < -0.3 is 19.4 Å². The number of benzene rings is 2. The van der Waals surface area contributed by atoms with E-state index in [2.05, 4.69) is 56.9 Å². The number of nitrogens with zero attached hydrogens (tertiary/aromatic N) is 2. The predicted octanol–water partition coefficient (Wildman–Crippen LogP) is 4.91. The first kappa shape index (κ1) is 24.3. The topological polar surface area (TPSA) is 96.7 Å². The summed E-state index contributed by atoms with van der Waals surface area (Å²) in [5.74, 6) is 0.819. The SMILES string of the molecule is CCOc1ccc(C2CCN(c3ccc([C@H](C)NC(=O)c4coc(NC(C)=O)n4)cc3)CC2)cc1. The number of aromatic nitrogens is 1. The molecule has 2 N–H and O–H groups in total. The first-order chi connectivity index (χ1) is 16.9. The van der Waals surface area contributed by atoms with E-state index in [9.17, 15) is 9.59 Å². The highest BCUT2D eigenvalue weighted by Crippen LogP contribution is 2.32. The fraction of sp³-hybridized carbons (Fsp3) is 0.370. The maximum Gasteiger partial charge on any atom is 0.302 e. The van der Waals surface area contributed by atoms with Gasteiger partial charge in [0.2, 0.25) is 5.91 Å². The Morgan fingerprint density at radius 2 is 1.80 bits per heavy atom. The maximum atomic E-state index is 12.5. The first-order valence-electron chi connectivity index (χ1n) is 12.0. The summed E-state index contributed by atoms with van der Waals surface area (Å²) in [7, 11) is 0. The molecule has 0 saturated carbocycles. The van der Waals surface area contributed by atoms with Crippen LogP contribution < -0.4 is 20.3 Å². The molecule has 2 heterocycles. The van der Waals surface area contributed by atoms with Gasteiger partial charge in [0.25, 0.3) is 5.91 Å². The Bertz CT molecular complexity index is 1130. The third-order valence-corrected chi connectivity index (χ3v) is 6.28. The smallest absolute Gasteiger partial charge is 0.302 e. The van der Waals surface area contributed by atoms with Gasteiger partial charge in [0.1, 0.15) is 12.0 Å². The number of rotatable bonds is 8. The number of hydrogen-bond donors (Lipinski definition) is 2. The van der Waals surface area contributed by atoms with Crippen molar-refractivity contribution in [2.45, 2.75) is 45.6 Å². The van der Waals surface area contributed by atoms with Crippen LogP contribution in [0, 0.1) is 0 Å². The predicted molar refractivity (Wildman–Crippen MR) is 135 cm³/mol. The fourth-order valence-corrected chi connectivity index (χ4v) is 4.39. The molecule has 35 heavy (non-hydrogen) atoms. The molecule has 3 aromatic rings. The van der Waals surface area contributed by atoms with E-state index in [-0.39, 0.29) is 29.6 Å². The lowest BCUT2D eigenvalue weighted by molar-refractivity contribution is -0.114. The Balaban J connectivity index is 1.29. The summed E-state index contributed by atoms with van der Waals surface area (Å²) >= 11 is 0. The second-order valence-electron chi connectivity index (χ2n) is 8.77. The van der Waals surface area contributed by atoms with Crippen molar-refractivity contribution in [2.24, 2.45) is 0 Å². The quantitative estimate of drug-likeness (QED) is 0.480. The molecule has 1 atom stereocenters. The van der Waals surface area contributed by atoms with Crippen molar-refractivity contribution in [1.82, 2.24) is 10.3 Å². The Morgan fingerprint density at radius 3 is 2.43 bits per heavy atom. The zero-order valence-electron chi connectivity index (χ0n) is 20.4. The van der Waals surface area contributed by atoms with E-state index in [1.165, 1.54) is 24.4 Å². The number of piperidine rings is 1. The molecular weight excluding hydrogens is 444 g/mol. The number of nitrogens with one attached hydrogen (secondary N) is 2. The molecule has 1 saturated heterocycles. The average molecular weight is 477 g/mol. The van der Waals surface area contributed by atoms with E-state index < -0.39 is 0 Å². The summed E-state index contributed by atoms with van der Waals surface area (Å²) in [6, 6.07) is 16.6. The molecule has 184 valence electrons. The Kier molecular flexibility index (Phi) is 7.70. The monoisotopic (exact) mass is 476 g/mol. The lowest BCUT2D eigenvalue weighted by Gasteiger charge is -2.34. The normalized spacial score (nSPS) is 14.9. The van der Waals surface area contributed by atoms with Crippen molar-refractivity contribution < 1.29 is 18.7 Å². The van der Waals surface area contributed by atoms with Crippen LogP contribution in [0.1, 0.15) is 67.2 Å². The molecule has 0 radical (unpaired) electrons. The van der Waals surface area contributed by atoms with Gasteiger partial charge in [-0.1, -0.05) is 24.3 Å². The van der Waals surface area contributed by atoms with E-state index in [4.69, 9.17) is 9.15 Å². The highest BCUT2D eigenvalue weighted by atomic mass is 16.5. The summed E-state index contributed by atoms with van der Waals surface area (Å²) in [6.07, 6.45) is 3.45. The Labute approximate surface area is 205 Å². The Hall–Kier alpha value is -3.81. The first-order valence-corrected chi connectivity index (χ1v) is 12.0. The zero-order valence-corrected chi connectivity index (χ0v) is 20.4. The molecule has 2 amide bonds. The van der Waals surface area contributed by atoms with E-state index in [0.717, 1.165) is 37.2 Å². The highest BCUT2D eigenvalue weighted by molar-refractivity contribution is 5.93.